The lowest BCUT2D eigenvalue weighted by Crippen LogP contribution is -2.31. The van der Waals surface area contributed by atoms with Gasteiger partial charge in [-0.25, -0.2) is 4.79 Å². The predicted octanol–water partition coefficient (Wildman–Crippen LogP) is 1.75. The maximum atomic E-state index is 10.8. The third kappa shape index (κ3) is 4.89. The maximum absolute atomic E-state index is 10.8. The van der Waals surface area contributed by atoms with Crippen LogP contribution in [0, 0.1) is 0 Å². The van der Waals surface area contributed by atoms with Gasteiger partial charge in [0.25, 0.3) is 0 Å². The molecular formula is C13H22N2O3. The SMILES string of the molecule is CCCN(CCN(C)C)Cc1cc(C(=O)O)co1. The minimum absolute atomic E-state index is 0.217. The lowest BCUT2D eigenvalue weighted by Gasteiger charge is -2.22. The van der Waals surface area contributed by atoms with Crippen LogP contribution in [-0.2, 0) is 6.54 Å². The van der Waals surface area contributed by atoms with Gasteiger partial charge in [-0.2, -0.15) is 0 Å². The van der Waals surface area contributed by atoms with Crippen molar-refractivity contribution in [2.45, 2.75) is 19.9 Å². The van der Waals surface area contributed by atoms with Crippen LogP contribution in [0.1, 0.15) is 29.5 Å². The van der Waals surface area contributed by atoms with E-state index in [1.54, 1.807) is 6.07 Å². The Bertz CT molecular complexity index is 374. The van der Waals surface area contributed by atoms with Crippen molar-refractivity contribution in [3.63, 3.8) is 0 Å². The van der Waals surface area contributed by atoms with Crippen LogP contribution < -0.4 is 0 Å². The molecule has 0 fully saturated rings. The first-order valence-electron chi connectivity index (χ1n) is 6.20. The summed E-state index contributed by atoms with van der Waals surface area (Å²) in [6, 6.07) is 1.60. The first kappa shape index (κ1) is 14.7. The van der Waals surface area contributed by atoms with Gasteiger partial charge in [0.1, 0.15) is 12.0 Å². The highest BCUT2D eigenvalue weighted by Crippen LogP contribution is 2.11. The van der Waals surface area contributed by atoms with Crippen molar-refractivity contribution >= 4 is 5.97 Å². The summed E-state index contributed by atoms with van der Waals surface area (Å²) >= 11 is 0. The average molecular weight is 254 g/mol. The molecule has 0 unspecified atom stereocenters. The van der Waals surface area contributed by atoms with Crippen molar-refractivity contribution < 1.29 is 14.3 Å². The summed E-state index contributed by atoms with van der Waals surface area (Å²) < 4.78 is 5.27. The fourth-order valence-electron chi connectivity index (χ4n) is 1.72. The quantitative estimate of drug-likeness (QED) is 0.766. The van der Waals surface area contributed by atoms with E-state index in [-0.39, 0.29) is 5.56 Å². The topological polar surface area (TPSA) is 56.9 Å². The molecule has 1 N–H and O–H groups in total. The minimum atomic E-state index is -0.944. The molecule has 0 bridgehead atoms. The van der Waals surface area contributed by atoms with Gasteiger partial charge >= 0.3 is 5.97 Å². The molecule has 0 atom stereocenters. The molecule has 0 aliphatic carbocycles. The second-order valence-corrected chi connectivity index (χ2v) is 4.69. The fraction of sp³-hybridized carbons (Fsp3) is 0.615. The standard InChI is InChI=1S/C13H22N2O3/c1-4-5-15(7-6-14(2)3)9-12-8-11(10-18-12)13(16)17/h8,10H,4-7,9H2,1-3H3,(H,16,17). The number of rotatable bonds is 8. The third-order valence-corrected chi connectivity index (χ3v) is 2.68. The van der Waals surface area contributed by atoms with Crippen molar-refractivity contribution in [1.82, 2.24) is 9.80 Å². The molecule has 0 amide bonds. The number of furan rings is 1. The third-order valence-electron chi connectivity index (χ3n) is 2.68. The van der Waals surface area contributed by atoms with Crippen LogP contribution in [0.4, 0.5) is 0 Å². The van der Waals surface area contributed by atoms with Gasteiger partial charge in [0.15, 0.2) is 0 Å². The first-order chi connectivity index (χ1) is 8.52. The summed E-state index contributed by atoms with van der Waals surface area (Å²) in [5.41, 5.74) is 0.217. The molecule has 18 heavy (non-hydrogen) atoms. The predicted molar refractivity (Wildman–Crippen MR) is 69.8 cm³/mol. The Balaban J connectivity index is 2.55. The van der Waals surface area contributed by atoms with Crippen LogP contribution >= 0.6 is 0 Å². The van der Waals surface area contributed by atoms with E-state index in [2.05, 4.69) is 16.7 Å². The molecular weight excluding hydrogens is 232 g/mol. The molecule has 102 valence electrons. The van der Waals surface area contributed by atoms with Crippen molar-refractivity contribution in [2.75, 3.05) is 33.7 Å². The summed E-state index contributed by atoms with van der Waals surface area (Å²) in [5.74, 6) is -0.236. The van der Waals surface area contributed by atoms with Crippen LogP contribution in [0.5, 0.6) is 0 Å². The van der Waals surface area contributed by atoms with E-state index in [1.807, 2.05) is 14.1 Å². The van der Waals surface area contributed by atoms with E-state index in [4.69, 9.17) is 9.52 Å². The first-order valence-corrected chi connectivity index (χ1v) is 6.20. The highest BCUT2D eigenvalue weighted by Gasteiger charge is 2.11. The van der Waals surface area contributed by atoms with Crippen molar-refractivity contribution in [3.8, 4) is 0 Å². The van der Waals surface area contributed by atoms with Crippen LogP contribution in [0.15, 0.2) is 16.7 Å². The largest absolute Gasteiger partial charge is 0.478 e. The van der Waals surface area contributed by atoms with Gasteiger partial charge < -0.3 is 14.4 Å². The molecule has 5 heteroatoms. The highest BCUT2D eigenvalue weighted by atomic mass is 16.4. The van der Waals surface area contributed by atoms with Gasteiger partial charge in [-0.3, -0.25) is 4.90 Å². The molecule has 1 aromatic rings. The van der Waals surface area contributed by atoms with E-state index >= 15 is 0 Å². The van der Waals surface area contributed by atoms with Gasteiger partial charge in [0, 0.05) is 13.1 Å². The zero-order chi connectivity index (χ0) is 13.5. The van der Waals surface area contributed by atoms with E-state index in [9.17, 15) is 4.79 Å². The summed E-state index contributed by atoms with van der Waals surface area (Å²) in [7, 11) is 4.08. The van der Waals surface area contributed by atoms with Crippen LogP contribution in [-0.4, -0.2) is 54.6 Å². The number of nitrogens with zero attached hydrogens (tertiary/aromatic N) is 2. The fourth-order valence-corrected chi connectivity index (χ4v) is 1.72. The van der Waals surface area contributed by atoms with E-state index in [0.29, 0.717) is 12.3 Å². The number of hydrogen-bond acceptors (Lipinski definition) is 4. The zero-order valence-corrected chi connectivity index (χ0v) is 11.3. The number of likely N-dealkylation sites (N-methyl/N-ethyl adjacent to an activating group) is 1. The van der Waals surface area contributed by atoms with Gasteiger partial charge in [0.05, 0.1) is 12.1 Å². The summed E-state index contributed by atoms with van der Waals surface area (Å²) in [5, 5.41) is 8.83. The van der Waals surface area contributed by atoms with Crippen LogP contribution in [0.3, 0.4) is 0 Å². The summed E-state index contributed by atoms with van der Waals surface area (Å²) in [6.45, 7) is 5.70. The van der Waals surface area contributed by atoms with Crippen LogP contribution in [0.25, 0.3) is 0 Å². The van der Waals surface area contributed by atoms with Crippen molar-refractivity contribution in [1.29, 1.82) is 0 Å². The molecule has 1 heterocycles. The van der Waals surface area contributed by atoms with Crippen molar-refractivity contribution in [2.24, 2.45) is 0 Å². The number of aromatic carboxylic acids is 1. The molecule has 0 aliphatic heterocycles. The van der Waals surface area contributed by atoms with Crippen molar-refractivity contribution in [3.05, 3.63) is 23.7 Å². The molecule has 0 saturated carbocycles. The van der Waals surface area contributed by atoms with Gasteiger partial charge in [-0.15, -0.1) is 0 Å². The Morgan fingerprint density at radius 1 is 1.33 bits per heavy atom. The second kappa shape index (κ2) is 7.18. The normalized spacial score (nSPS) is 11.4. The molecule has 0 saturated heterocycles. The average Bonchev–Trinajstić information content (AvgIpc) is 2.75. The summed E-state index contributed by atoms with van der Waals surface area (Å²) in [6.07, 6.45) is 2.37. The Kier molecular flexibility index (Phi) is 5.88. The van der Waals surface area contributed by atoms with E-state index in [0.717, 1.165) is 26.1 Å². The van der Waals surface area contributed by atoms with Crippen LogP contribution in [0.2, 0.25) is 0 Å². The Hall–Kier alpha value is -1.33. The van der Waals surface area contributed by atoms with Gasteiger partial charge in [0.2, 0.25) is 0 Å². The zero-order valence-electron chi connectivity index (χ0n) is 11.3. The molecule has 0 spiro atoms. The van der Waals surface area contributed by atoms with Gasteiger partial charge in [-0.05, 0) is 33.1 Å². The van der Waals surface area contributed by atoms with Gasteiger partial charge in [-0.1, -0.05) is 6.92 Å². The molecule has 0 radical (unpaired) electrons. The number of carbonyl (C=O) groups is 1. The lowest BCUT2D eigenvalue weighted by molar-refractivity contribution is 0.0696. The number of carboxylic acids is 1. The Morgan fingerprint density at radius 2 is 2.06 bits per heavy atom. The maximum Gasteiger partial charge on any atom is 0.338 e. The molecule has 0 aromatic carbocycles. The Morgan fingerprint density at radius 3 is 2.56 bits per heavy atom. The van der Waals surface area contributed by atoms with E-state index in [1.165, 1.54) is 6.26 Å². The summed E-state index contributed by atoms with van der Waals surface area (Å²) in [4.78, 5) is 15.2. The molecule has 1 aromatic heterocycles. The lowest BCUT2D eigenvalue weighted by atomic mass is 10.3. The number of carboxylic acid groups (broad SMARTS) is 1. The number of hydrogen-bond donors (Lipinski definition) is 1. The molecule has 5 nitrogen and oxygen atoms in total. The van der Waals surface area contributed by atoms with E-state index < -0.39 is 5.97 Å². The monoisotopic (exact) mass is 254 g/mol. The minimum Gasteiger partial charge on any atom is -0.478 e. The highest BCUT2D eigenvalue weighted by molar-refractivity contribution is 5.87. The smallest absolute Gasteiger partial charge is 0.338 e. The second-order valence-electron chi connectivity index (χ2n) is 4.69. The molecule has 0 aliphatic rings. The molecule has 1 rings (SSSR count). The Labute approximate surface area is 108 Å².